The molecular formula is C14H12N2O2. The van der Waals surface area contributed by atoms with Crippen molar-refractivity contribution in [2.75, 3.05) is 0 Å². The minimum Gasteiger partial charge on any atom is -0.459 e. The number of carbonyl (C=O) groups excluding carboxylic acids is 1. The van der Waals surface area contributed by atoms with E-state index in [0.717, 1.165) is 5.56 Å². The molecule has 1 heterocycles. The Morgan fingerprint density at radius 2 is 2.00 bits per heavy atom. The summed E-state index contributed by atoms with van der Waals surface area (Å²) >= 11 is 0. The van der Waals surface area contributed by atoms with E-state index in [1.165, 1.54) is 12.5 Å². The van der Waals surface area contributed by atoms with E-state index in [0.29, 0.717) is 0 Å². The molecule has 1 aromatic carbocycles. The summed E-state index contributed by atoms with van der Waals surface area (Å²) < 4.78 is 4.92. The van der Waals surface area contributed by atoms with E-state index in [9.17, 15) is 4.79 Å². The van der Waals surface area contributed by atoms with E-state index in [1.54, 1.807) is 18.2 Å². The highest BCUT2D eigenvalue weighted by atomic mass is 16.3. The molecule has 4 heteroatoms. The molecule has 0 radical (unpaired) electrons. The molecule has 0 saturated carbocycles. The molecule has 2 rings (SSSR count). The van der Waals surface area contributed by atoms with Crippen LogP contribution in [0.2, 0.25) is 0 Å². The molecule has 0 aliphatic heterocycles. The Balaban J connectivity index is 1.82. The van der Waals surface area contributed by atoms with Crippen LogP contribution in [0.15, 0.2) is 64.3 Å². The van der Waals surface area contributed by atoms with Gasteiger partial charge in [0.25, 0.3) is 0 Å². The molecule has 0 bridgehead atoms. The lowest BCUT2D eigenvalue weighted by Gasteiger charge is -1.93. The van der Waals surface area contributed by atoms with Gasteiger partial charge in [-0.1, -0.05) is 36.4 Å². The predicted molar refractivity (Wildman–Crippen MR) is 70.1 cm³/mol. The molecule has 1 N–H and O–H groups in total. The Labute approximate surface area is 105 Å². The lowest BCUT2D eigenvalue weighted by atomic mass is 10.2. The van der Waals surface area contributed by atoms with Gasteiger partial charge < -0.3 is 4.42 Å². The molecule has 1 aromatic heterocycles. The van der Waals surface area contributed by atoms with Crippen LogP contribution >= 0.6 is 0 Å². The molecule has 2 aromatic rings. The first-order valence-electron chi connectivity index (χ1n) is 5.45. The van der Waals surface area contributed by atoms with Crippen LogP contribution in [0.3, 0.4) is 0 Å². The minimum atomic E-state index is -0.371. The topological polar surface area (TPSA) is 54.6 Å². The van der Waals surface area contributed by atoms with Gasteiger partial charge in [-0.05, 0) is 23.8 Å². The monoisotopic (exact) mass is 240 g/mol. The number of hydrogen-bond donors (Lipinski definition) is 1. The second-order valence-electron chi connectivity index (χ2n) is 3.47. The fourth-order valence-electron chi connectivity index (χ4n) is 1.32. The molecule has 4 nitrogen and oxygen atoms in total. The van der Waals surface area contributed by atoms with Crippen LogP contribution in [-0.4, -0.2) is 12.1 Å². The Morgan fingerprint density at radius 3 is 2.72 bits per heavy atom. The second-order valence-corrected chi connectivity index (χ2v) is 3.47. The number of benzene rings is 1. The van der Waals surface area contributed by atoms with Gasteiger partial charge in [0.1, 0.15) is 0 Å². The quantitative estimate of drug-likeness (QED) is 0.659. The average molecular weight is 240 g/mol. The van der Waals surface area contributed by atoms with Gasteiger partial charge in [0.15, 0.2) is 5.76 Å². The van der Waals surface area contributed by atoms with Crippen molar-refractivity contribution in [3.05, 3.63) is 66.1 Å². The first kappa shape index (κ1) is 11.9. The zero-order valence-corrected chi connectivity index (χ0v) is 9.61. The van der Waals surface area contributed by atoms with Crippen LogP contribution < -0.4 is 5.43 Å². The molecule has 0 fully saturated rings. The van der Waals surface area contributed by atoms with E-state index >= 15 is 0 Å². The Kier molecular flexibility index (Phi) is 4.08. The number of nitrogens with one attached hydrogen (secondary N) is 1. The summed E-state index contributed by atoms with van der Waals surface area (Å²) in [5.41, 5.74) is 3.43. The molecule has 0 atom stereocenters. The van der Waals surface area contributed by atoms with E-state index in [4.69, 9.17) is 4.42 Å². The SMILES string of the molecule is O=C(N/N=C\C=C/c1ccccc1)c1ccco1. The first-order valence-corrected chi connectivity index (χ1v) is 5.45. The van der Waals surface area contributed by atoms with Gasteiger partial charge in [0.2, 0.25) is 0 Å². The molecule has 1 amide bonds. The van der Waals surface area contributed by atoms with E-state index < -0.39 is 0 Å². The number of hydrazone groups is 1. The zero-order chi connectivity index (χ0) is 12.6. The second kappa shape index (κ2) is 6.20. The third-order valence-electron chi connectivity index (χ3n) is 2.16. The standard InChI is InChI=1S/C14H12N2O2/c17-14(13-9-5-11-18-13)16-15-10-4-8-12-6-2-1-3-7-12/h1-11H,(H,16,17)/b8-4-,15-10-. The van der Waals surface area contributed by atoms with E-state index in [2.05, 4.69) is 10.5 Å². The first-order chi connectivity index (χ1) is 8.86. The maximum Gasteiger partial charge on any atom is 0.307 e. The third kappa shape index (κ3) is 3.45. The number of allylic oxidation sites excluding steroid dienone is 1. The summed E-state index contributed by atoms with van der Waals surface area (Å²) in [5.74, 6) is -0.136. The van der Waals surface area contributed by atoms with E-state index in [-0.39, 0.29) is 11.7 Å². The van der Waals surface area contributed by atoms with E-state index in [1.807, 2.05) is 36.4 Å². The van der Waals surface area contributed by atoms with Crippen molar-refractivity contribution in [1.29, 1.82) is 0 Å². The maximum atomic E-state index is 11.4. The normalized spacial score (nSPS) is 11.1. The molecule has 90 valence electrons. The van der Waals surface area contributed by atoms with Gasteiger partial charge in [-0.25, -0.2) is 5.43 Å². The van der Waals surface area contributed by atoms with Crippen molar-refractivity contribution in [3.8, 4) is 0 Å². The van der Waals surface area contributed by atoms with Crippen molar-refractivity contribution in [1.82, 2.24) is 5.43 Å². The minimum absolute atomic E-state index is 0.235. The third-order valence-corrected chi connectivity index (χ3v) is 2.16. The number of amides is 1. The lowest BCUT2D eigenvalue weighted by Crippen LogP contribution is -2.16. The molecule has 0 aliphatic rings. The van der Waals surface area contributed by atoms with Crippen LogP contribution in [0.1, 0.15) is 16.1 Å². The Hall–Kier alpha value is -2.62. The van der Waals surface area contributed by atoms with Crippen LogP contribution in [-0.2, 0) is 0 Å². The van der Waals surface area contributed by atoms with Gasteiger partial charge in [-0.15, -0.1) is 0 Å². The molecule has 0 aliphatic carbocycles. The Bertz CT molecular complexity index is 542. The summed E-state index contributed by atoms with van der Waals surface area (Å²) in [4.78, 5) is 11.4. The van der Waals surface area contributed by atoms with Gasteiger partial charge in [-0.2, -0.15) is 5.10 Å². The summed E-state index contributed by atoms with van der Waals surface area (Å²) in [7, 11) is 0. The van der Waals surface area contributed by atoms with Crippen molar-refractivity contribution in [3.63, 3.8) is 0 Å². The zero-order valence-electron chi connectivity index (χ0n) is 9.61. The molecule has 0 unspecified atom stereocenters. The molecule has 18 heavy (non-hydrogen) atoms. The van der Waals surface area contributed by atoms with Crippen LogP contribution in [0.4, 0.5) is 0 Å². The van der Waals surface area contributed by atoms with Gasteiger partial charge >= 0.3 is 5.91 Å². The van der Waals surface area contributed by atoms with Crippen LogP contribution in [0.25, 0.3) is 6.08 Å². The summed E-state index contributed by atoms with van der Waals surface area (Å²) in [6.45, 7) is 0. The highest BCUT2D eigenvalue weighted by Gasteiger charge is 2.05. The van der Waals surface area contributed by atoms with Crippen LogP contribution in [0, 0.1) is 0 Å². The smallest absolute Gasteiger partial charge is 0.307 e. The fraction of sp³-hybridized carbons (Fsp3) is 0. The van der Waals surface area contributed by atoms with Gasteiger partial charge in [0.05, 0.1) is 6.26 Å². The van der Waals surface area contributed by atoms with Gasteiger partial charge in [0, 0.05) is 6.21 Å². The molecule has 0 saturated heterocycles. The summed E-state index contributed by atoms with van der Waals surface area (Å²) in [5, 5.41) is 3.77. The number of furan rings is 1. The summed E-state index contributed by atoms with van der Waals surface area (Å²) in [6.07, 6.45) is 6.59. The largest absolute Gasteiger partial charge is 0.459 e. The number of hydrogen-bond acceptors (Lipinski definition) is 3. The molecular weight excluding hydrogens is 228 g/mol. The number of nitrogens with zero attached hydrogens (tertiary/aromatic N) is 1. The Morgan fingerprint density at radius 1 is 1.17 bits per heavy atom. The summed E-state index contributed by atoms with van der Waals surface area (Å²) in [6, 6.07) is 13.0. The average Bonchev–Trinajstić information content (AvgIpc) is 2.93. The highest BCUT2D eigenvalue weighted by Crippen LogP contribution is 2.00. The van der Waals surface area contributed by atoms with Crippen LogP contribution in [0.5, 0.6) is 0 Å². The van der Waals surface area contributed by atoms with Crippen molar-refractivity contribution in [2.45, 2.75) is 0 Å². The van der Waals surface area contributed by atoms with Gasteiger partial charge in [-0.3, -0.25) is 4.79 Å². The fourth-order valence-corrected chi connectivity index (χ4v) is 1.32. The number of carbonyl (C=O) groups is 1. The predicted octanol–water partition coefficient (Wildman–Crippen LogP) is 2.71. The van der Waals surface area contributed by atoms with Crippen molar-refractivity contribution >= 4 is 18.2 Å². The maximum absolute atomic E-state index is 11.4. The van der Waals surface area contributed by atoms with Crippen molar-refractivity contribution in [2.24, 2.45) is 5.10 Å². The highest BCUT2D eigenvalue weighted by molar-refractivity contribution is 5.92. The number of rotatable bonds is 4. The molecule has 0 spiro atoms. The van der Waals surface area contributed by atoms with Crippen molar-refractivity contribution < 1.29 is 9.21 Å². The lowest BCUT2D eigenvalue weighted by molar-refractivity contribution is 0.0927.